The van der Waals surface area contributed by atoms with Crippen LogP contribution in [-0.2, 0) is 4.79 Å². The highest BCUT2D eigenvalue weighted by Crippen LogP contribution is 2.57. The Morgan fingerprint density at radius 3 is 2.91 bits per heavy atom. The van der Waals surface area contributed by atoms with Gasteiger partial charge in [0, 0.05) is 11.3 Å². The molecule has 1 heteroatoms. The minimum atomic E-state index is 0.0845. The van der Waals surface area contributed by atoms with E-state index in [-0.39, 0.29) is 5.41 Å². The predicted molar refractivity (Wildman–Crippen MR) is 44.2 cm³/mol. The van der Waals surface area contributed by atoms with E-state index >= 15 is 0 Å². The van der Waals surface area contributed by atoms with E-state index in [2.05, 4.69) is 13.8 Å². The number of fused-ring (bicyclic) bond motifs is 1. The lowest BCUT2D eigenvalue weighted by molar-refractivity contribution is -0.152. The van der Waals surface area contributed by atoms with Gasteiger partial charge in [0.25, 0.3) is 0 Å². The summed E-state index contributed by atoms with van der Waals surface area (Å²) in [6.07, 6.45) is 4.82. The van der Waals surface area contributed by atoms with E-state index in [1.165, 1.54) is 19.3 Å². The molecule has 0 bridgehead atoms. The first-order valence-electron chi connectivity index (χ1n) is 4.74. The molecule has 0 heterocycles. The van der Waals surface area contributed by atoms with Crippen LogP contribution in [0.25, 0.3) is 0 Å². The molecule has 0 amide bonds. The summed E-state index contributed by atoms with van der Waals surface area (Å²) in [6, 6.07) is 0. The van der Waals surface area contributed by atoms with Crippen LogP contribution in [0.5, 0.6) is 0 Å². The summed E-state index contributed by atoms with van der Waals surface area (Å²) in [6.45, 7) is 4.30. The van der Waals surface area contributed by atoms with Crippen LogP contribution in [0.2, 0.25) is 0 Å². The van der Waals surface area contributed by atoms with E-state index in [0.717, 1.165) is 12.3 Å². The Morgan fingerprint density at radius 1 is 1.55 bits per heavy atom. The Labute approximate surface area is 68.2 Å². The van der Waals surface area contributed by atoms with Crippen LogP contribution in [0.3, 0.4) is 0 Å². The van der Waals surface area contributed by atoms with Gasteiger partial charge in [-0.3, -0.25) is 4.79 Å². The molecule has 2 aliphatic rings. The second kappa shape index (κ2) is 2.09. The van der Waals surface area contributed by atoms with Gasteiger partial charge in [-0.1, -0.05) is 20.3 Å². The normalized spacial score (nSPS) is 48.7. The van der Waals surface area contributed by atoms with E-state index < -0.39 is 0 Å². The first-order valence-corrected chi connectivity index (χ1v) is 4.74. The molecular weight excluding hydrogens is 136 g/mol. The SMILES string of the molecule is CC[C@]1(C)C(=O)[C@H]2CCC[C@H]21. The van der Waals surface area contributed by atoms with Crippen molar-refractivity contribution in [1.82, 2.24) is 0 Å². The molecule has 0 aromatic rings. The summed E-state index contributed by atoms with van der Waals surface area (Å²) in [5.41, 5.74) is 0.0845. The minimum Gasteiger partial charge on any atom is -0.299 e. The molecule has 0 N–H and O–H groups in total. The molecule has 2 aliphatic carbocycles. The van der Waals surface area contributed by atoms with Crippen molar-refractivity contribution in [3.63, 3.8) is 0 Å². The quantitative estimate of drug-likeness (QED) is 0.564. The van der Waals surface area contributed by atoms with Crippen LogP contribution < -0.4 is 0 Å². The van der Waals surface area contributed by atoms with Crippen molar-refractivity contribution in [2.45, 2.75) is 39.5 Å². The predicted octanol–water partition coefficient (Wildman–Crippen LogP) is 2.40. The molecule has 11 heavy (non-hydrogen) atoms. The monoisotopic (exact) mass is 152 g/mol. The zero-order valence-electron chi connectivity index (χ0n) is 7.39. The number of carbonyl (C=O) groups is 1. The van der Waals surface area contributed by atoms with Crippen LogP contribution in [-0.4, -0.2) is 5.78 Å². The molecule has 0 aliphatic heterocycles. The first kappa shape index (κ1) is 7.33. The van der Waals surface area contributed by atoms with Gasteiger partial charge in [0.2, 0.25) is 0 Å². The van der Waals surface area contributed by atoms with Crippen LogP contribution >= 0.6 is 0 Å². The molecule has 1 nitrogen and oxygen atoms in total. The highest BCUT2D eigenvalue weighted by atomic mass is 16.1. The highest BCUT2D eigenvalue weighted by Gasteiger charge is 2.58. The lowest BCUT2D eigenvalue weighted by Crippen LogP contribution is -2.53. The Bertz CT molecular complexity index is 197. The van der Waals surface area contributed by atoms with Crippen molar-refractivity contribution in [2.75, 3.05) is 0 Å². The van der Waals surface area contributed by atoms with Crippen molar-refractivity contribution in [3.05, 3.63) is 0 Å². The summed E-state index contributed by atoms with van der Waals surface area (Å²) in [5, 5.41) is 0. The molecule has 0 radical (unpaired) electrons. The number of hydrogen-bond donors (Lipinski definition) is 0. The van der Waals surface area contributed by atoms with E-state index in [0.29, 0.717) is 11.7 Å². The van der Waals surface area contributed by atoms with Gasteiger partial charge in [-0.05, 0) is 25.2 Å². The summed E-state index contributed by atoms with van der Waals surface area (Å²) in [4.78, 5) is 11.6. The lowest BCUT2D eigenvalue weighted by Gasteiger charge is -2.48. The lowest BCUT2D eigenvalue weighted by atomic mass is 9.54. The molecular formula is C10H16O. The maximum Gasteiger partial charge on any atom is 0.142 e. The third-order valence-corrected chi connectivity index (χ3v) is 3.97. The van der Waals surface area contributed by atoms with Crippen LogP contribution in [0, 0.1) is 17.3 Å². The van der Waals surface area contributed by atoms with E-state index in [1.807, 2.05) is 0 Å². The van der Waals surface area contributed by atoms with Gasteiger partial charge in [0.05, 0.1) is 0 Å². The number of carbonyl (C=O) groups excluding carboxylic acids is 1. The molecule has 3 atom stereocenters. The summed E-state index contributed by atoms with van der Waals surface area (Å²) >= 11 is 0. The first-order chi connectivity index (χ1) is 5.20. The molecule has 62 valence electrons. The van der Waals surface area contributed by atoms with Gasteiger partial charge >= 0.3 is 0 Å². The third-order valence-electron chi connectivity index (χ3n) is 3.97. The Hall–Kier alpha value is -0.330. The molecule has 2 rings (SSSR count). The van der Waals surface area contributed by atoms with Gasteiger partial charge in [0.1, 0.15) is 5.78 Å². The van der Waals surface area contributed by atoms with E-state index in [4.69, 9.17) is 0 Å². The van der Waals surface area contributed by atoms with Crippen molar-refractivity contribution in [1.29, 1.82) is 0 Å². The number of rotatable bonds is 1. The van der Waals surface area contributed by atoms with Crippen molar-refractivity contribution in [3.8, 4) is 0 Å². The van der Waals surface area contributed by atoms with Gasteiger partial charge in [-0.25, -0.2) is 0 Å². The zero-order chi connectivity index (χ0) is 8.06. The Morgan fingerprint density at radius 2 is 2.27 bits per heavy atom. The van der Waals surface area contributed by atoms with Gasteiger partial charge in [0.15, 0.2) is 0 Å². The van der Waals surface area contributed by atoms with Gasteiger partial charge in [-0.2, -0.15) is 0 Å². The average Bonchev–Trinajstić information content (AvgIpc) is 2.48. The maximum absolute atomic E-state index is 11.6. The van der Waals surface area contributed by atoms with Crippen LogP contribution in [0.4, 0.5) is 0 Å². The molecule has 0 aromatic carbocycles. The second-order valence-corrected chi connectivity index (χ2v) is 4.28. The number of hydrogen-bond acceptors (Lipinski definition) is 1. The summed E-state index contributed by atoms with van der Waals surface area (Å²) < 4.78 is 0. The number of ketones is 1. The fourth-order valence-corrected chi connectivity index (χ4v) is 2.98. The largest absolute Gasteiger partial charge is 0.299 e. The third kappa shape index (κ3) is 0.692. The molecule has 0 saturated heterocycles. The average molecular weight is 152 g/mol. The van der Waals surface area contributed by atoms with Crippen LogP contribution in [0.15, 0.2) is 0 Å². The molecule has 2 saturated carbocycles. The Kier molecular flexibility index (Phi) is 1.39. The second-order valence-electron chi connectivity index (χ2n) is 4.28. The zero-order valence-corrected chi connectivity index (χ0v) is 7.39. The molecule has 0 aromatic heterocycles. The van der Waals surface area contributed by atoms with Gasteiger partial charge < -0.3 is 0 Å². The maximum atomic E-state index is 11.6. The topological polar surface area (TPSA) is 17.1 Å². The smallest absolute Gasteiger partial charge is 0.142 e. The van der Waals surface area contributed by atoms with Crippen molar-refractivity contribution >= 4 is 5.78 Å². The minimum absolute atomic E-state index is 0.0845. The van der Waals surface area contributed by atoms with Gasteiger partial charge in [-0.15, -0.1) is 0 Å². The number of Topliss-reactive ketones (excluding diaryl/α,β-unsaturated/α-hetero) is 1. The fourth-order valence-electron chi connectivity index (χ4n) is 2.98. The molecule has 2 fully saturated rings. The highest BCUT2D eigenvalue weighted by molar-refractivity contribution is 5.93. The van der Waals surface area contributed by atoms with Crippen LogP contribution in [0.1, 0.15) is 39.5 Å². The molecule has 0 spiro atoms. The van der Waals surface area contributed by atoms with Crippen molar-refractivity contribution < 1.29 is 4.79 Å². The standard InChI is InChI=1S/C10H16O/c1-3-10(2)8-6-4-5-7(8)9(10)11/h7-8H,3-6H2,1-2H3/t7-,8+,10-/m0/s1. The summed E-state index contributed by atoms with van der Waals surface area (Å²) in [5.74, 6) is 1.78. The van der Waals surface area contributed by atoms with Crippen molar-refractivity contribution in [2.24, 2.45) is 17.3 Å². The Balaban J connectivity index is 2.20. The van der Waals surface area contributed by atoms with E-state index in [1.54, 1.807) is 0 Å². The fraction of sp³-hybridized carbons (Fsp3) is 0.900. The molecule has 0 unspecified atom stereocenters. The van der Waals surface area contributed by atoms with E-state index in [9.17, 15) is 4.79 Å². The summed E-state index contributed by atoms with van der Waals surface area (Å²) in [7, 11) is 0.